The van der Waals surface area contributed by atoms with Gasteiger partial charge < -0.3 is 20.1 Å². The Balaban J connectivity index is 1.67. The van der Waals surface area contributed by atoms with Crippen molar-refractivity contribution in [3.8, 4) is 11.5 Å². The maximum atomic E-state index is 13.3. The predicted molar refractivity (Wildman–Crippen MR) is 117 cm³/mol. The van der Waals surface area contributed by atoms with E-state index in [2.05, 4.69) is 24.3 Å². The molecular weight excluding hydrogens is 415 g/mol. The van der Waals surface area contributed by atoms with Crippen LogP contribution in [0.4, 0.5) is 9.18 Å². The number of benzene rings is 2. The van der Waals surface area contributed by atoms with Crippen molar-refractivity contribution in [3.63, 3.8) is 0 Å². The number of nitrogens with zero attached hydrogens (tertiary/aromatic N) is 3. The van der Waals surface area contributed by atoms with Gasteiger partial charge in [-0.1, -0.05) is 13.8 Å². The molecular formula is C23H25FN4O4. The summed E-state index contributed by atoms with van der Waals surface area (Å²) in [7, 11) is 0. The van der Waals surface area contributed by atoms with Gasteiger partial charge in [0.1, 0.15) is 17.3 Å². The largest absolute Gasteiger partial charge is 0.465 e. The van der Waals surface area contributed by atoms with Crippen LogP contribution in [0, 0.1) is 11.7 Å². The summed E-state index contributed by atoms with van der Waals surface area (Å²) in [6.45, 7) is 5.48. The van der Waals surface area contributed by atoms with E-state index in [-0.39, 0.29) is 24.3 Å². The van der Waals surface area contributed by atoms with Gasteiger partial charge in [0.2, 0.25) is 0 Å². The minimum absolute atomic E-state index is 0.239. The van der Waals surface area contributed by atoms with E-state index in [0.29, 0.717) is 42.5 Å². The van der Waals surface area contributed by atoms with Crippen molar-refractivity contribution in [2.45, 2.75) is 32.9 Å². The highest BCUT2D eigenvalue weighted by atomic mass is 19.1. The molecule has 8 nitrogen and oxygen atoms in total. The molecule has 0 saturated carbocycles. The van der Waals surface area contributed by atoms with Crippen LogP contribution in [0.25, 0.3) is 10.9 Å². The number of halogens is 1. The van der Waals surface area contributed by atoms with Crippen LogP contribution in [0.3, 0.4) is 0 Å². The Morgan fingerprint density at radius 3 is 2.69 bits per heavy atom. The highest BCUT2D eigenvalue weighted by Gasteiger charge is 2.28. The van der Waals surface area contributed by atoms with Crippen molar-refractivity contribution in [3.05, 3.63) is 54.0 Å². The first-order valence-electron chi connectivity index (χ1n) is 10.5. The van der Waals surface area contributed by atoms with E-state index in [1.165, 1.54) is 29.2 Å². The molecule has 1 saturated heterocycles. The zero-order chi connectivity index (χ0) is 22.8. The fraction of sp³-hybridized carbons (Fsp3) is 0.348. The summed E-state index contributed by atoms with van der Waals surface area (Å²) >= 11 is 0. The third kappa shape index (κ3) is 4.66. The minimum Gasteiger partial charge on any atom is -0.465 e. The third-order valence-corrected chi connectivity index (χ3v) is 5.36. The van der Waals surface area contributed by atoms with Crippen LogP contribution in [0.2, 0.25) is 0 Å². The Hall–Kier alpha value is -3.62. The number of amides is 2. The molecule has 2 aromatic carbocycles. The van der Waals surface area contributed by atoms with E-state index >= 15 is 0 Å². The van der Waals surface area contributed by atoms with Crippen molar-refractivity contribution in [1.82, 2.24) is 20.0 Å². The Labute approximate surface area is 184 Å². The summed E-state index contributed by atoms with van der Waals surface area (Å²) in [6, 6.07) is 8.75. The first-order valence-corrected chi connectivity index (χ1v) is 10.5. The van der Waals surface area contributed by atoms with Gasteiger partial charge in [-0.25, -0.2) is 9.18 Å². The number of ether oxygens (including phenoxy) is 1. The summed E-state index contributed by atoms with van der Waals surface area (Å²) in [5.74, 6) is 0.334. The Morgan fingerprint density at radius 1 is 1.28 bits per heavy atom. The average molecular weight is 440 g/mol. The highest BCUT2D eigenvalue weighted by molar-refractivity contribution is 6.01. The number of hydrogen-bond donors (Lipinski definition) is 2. The molecule has 0 radical (unpaired) electrons. The second-order valence-electron chi connectivity index (χ2n) is 8.37. The molecule has 1 aliphatic heterocycles. The molecule has 2 heterocycles. The summed E-state index contributed by atoms with van der Waals surface area (Å²) in [4.78, 5) is 25.7. The number of likely N-dealkylation sites (tertiary alicyclic amines) is 1. The molecule has 1 unspecified atom stereocenters. The number of fused-ring (bicyclic) bond motifs is 1. The highest BCUT2D eigenvalue weighted by Crippen LogP contribution is 2.31. The van der Waals surface area contributed by atoms with Gasteiger partial charge in [0.05, 0.1) is 17.3 Å². The molecule has 1 aromatic heterocycles. The van der Waals surface area contributed by atoms with E-state index in [9.17, 15) is 14.0 Å². The summed E-state index contributed by atoms with van der Waals surface area (Å²) < 4.78 is 21.1. The second kappa shape index (κ2) is 8.86. The van der Waals surface area contributed by atoms with Gasteiger partial charge in [-0.15, -0.1) is 0 Å². The normalized spacial score (nSPS) is 16.0. The standard InChI is InChI=1S/C23H25FN4O4/c1-14(2)12-28-20-10-19(22(29)26-17-7-8-27(13-17)23(30)31)21(9-15(20)11-25-28)32-18-5-3-16(24)4-6-18/h3-6,9-11,14,17H,7-8,12-13H2,1-2H3,(H,26,29)(H,30,31). The van der Waals surface area contributed by atoms with Crippen LogP contribution in [0.5, 0.6) is 11.5 Å². The molecule has 1 aliphatic rings. The van der Waals surface area contributed by atoms with Crippen LogP contribution < -0.4 is 10.1 Å². The van der Waals surface area contributed by atoms with Crippen LogP contribution >= 0.6 is 0 Å². The topological polar surface area (TPSA) is 96.7 Å². The lowest BCUT2D eigenvalue weighted by Crippen LogP contribution is -2.38. The molecule has 0 bridgehead atoms. The molecule has 32 heavy (non-hydrogen) atoms. The average Bonchev–Trinajstić information content (AvgIpc) is 3.36. The van der Waals surface area contributed by atoms with Crippen molar-refractivity contribution < 1.29 is 23.8 Å². The van der Waals surface area contributed by atoms with Gasteiger partial charge in [0.25, 0.3) is 5.91 Å². The van der Waals surface area contributed by atoms with Crippen LogP contribution in [-0.2, 0) is 6.54 Å². The predicted octanol–water partition coefficient (Wildman–Crippen LogP) is 4.11. The van der Waals surface area contributed by atoms with E-state index in [1.54, 1.807) is 18.3 Å². The van der Waals surface area contributed by atoms with Crippen LogP contribution in [-0.4, -0.2) is 50.9 Å². The molecule has 0 spiro atoms. The first kappa shape index (κ1) is 21.6. The Bertz CT molecular complexity index is 1140. The SMILES string of the molecule is CC(C)Cn1ncc2cc(Oc3ccc(F)cc3)c(C(=O)NC3CCN(C(=O)O)C3)cc21. The summed E-state index contributed by atoms with van der Waals surface area (Å²) in [5.41, 5.74) is 1.11. The van der Waals surface area contributed by atoms with Crippen molar-refractivity contribution in [2.24, 2.45) is 5.92 Å². The molecule has 9 heteroatoms. The van der Waals surface area contributed by atoms with Crippen molar-refractivity contribution in [1.29, 1.82) is 0 Å². The maximum Gasteiger partial charge on any atom is 0.407 e. The number of hydrogen-bond acceptors (Lipinski definition) is 4. The number of rotatable bonds is 6. The lowest BCUT2D eigenvalue weighted by Gasteiger charge is -2.16. The molecule has 4 rings (SSSR count). The smallest absolute Gasteiger partial charge is 0.407 e. The molecule has 3 aromatic rings. The molecule has 2 amide bonds. The monoisotopic (exact) mass is 440 g/mol. The summed E-state index contributed by atoms with van der Waals surface area (Å²) in [6.07, 6.45) is 1.26. The lowest BCUT2D eigenvalue weighted by molar-refractivity contribution is 0.0933. The molecule has 1 atom stereocenters. The zero-order valence-corrected chi connectivity index (χ0v) is 17.9. The van der Waals surface area contributed by atoms with Crippen molar-refractivity contribution >= 4 is 22.9 Å². The Morgan fingerprint density at radius 2 is 2.03 bits per heavy atom. The number of aromatic nitrogens is 2. The maximum absolute atomic E-state index is 13.3. The van der Waals surface area contributed by atoms with E-state index in [1.807, 2.05) is 4.68 Å². The third-order valence-electron chi connectivity index (χ3n) is 5.36. The molecule has 168 valence electrons. The number of carboxylic acid groups (broad SMARTS) is 1. The van der Waals surface area contributed by atoms with Gasteiger partial charge in [-0.3, -0.25) is 9.48 Å². The first-order chi connectivity index (χ1) is 15.3. The minimum atomic E-state index is -0.999. The van der Waals surface area contributed by atoms with Crippen LogP contribution in [0.1, 0.15) is 30.6 Å². The van der Waals surface area contributed by atoms with Gasteiger partial charge in [0, 0.05) is 31.1 Å². The Kier molecular flexibility index (Phi) is 5.98. The number of carbonyl (C=O) groups excluding carboxylic acids is 1. The fourth-order valence-electron chi connectivity index (χ4n) is 3.80. The van der Waals surface area contributed by atoms with Gasteiger partial charge in [-0.2, -0.15) is 5.10 Å². The zero-order valence-electron chi connectivity index (χ0n) is 17.9. The van der Waals surface area contributed by atoms with Gasteiger partial charge in [0.15, 0.2) is 0 Å². The van der Waals surface area contributed by atoms with E-state index in [4.69, 9.17) is 9.84 Å². The van der Waals surface area contributed by atoms with Crippen LogP contribution in [0.15, 0.2) is 42.6 Å². The van der Waals surface area contributed by atoms with Gasteiger partial charge >= 0.3 is 6.09 Å². The fourth-order valence-corrected chi connectivity index (χ4v) is 3.80. The second-order valence-corrected chi connectivity index (χ2v) is 8.37. The quantitative estimate of drug-likeness (QED) is 0.601. The molecule has 1 fully saturated rings. The number of carbonyl (C=O) groups is 2. The lowest BCUT2D eigenvalue weighted by atomic mass is 10.1. The van der Waals surface area contributed by atoms with E-state index < -0.39 is 6.09 Å². The van der Waals surface area contributed by atoms with Gasteiger partial charge in [-0.05, 0) is 48.7 Å². The molecule has 0 aliphatic carbocycles. The number of nitrogens with one attached hydrogen (secondary N) is 1. The summed E-state index contributed by atoms with van der Waals surface area (Å²) in [5, 5.41) is 17.3. The van der Waals surface area contributed by atoms with E-state index in [0.717, 1.165) is 10.9 Å². The molecule has 2 N–H and O–H groups in total. The van der Waals surface area contributed by atoms with Crippen molar-refractivity contribution in [2.75, 3.05) is 13.1 Å².